The fraction of sp³-hybridized carbons (Fsp3) is 0.562. The molecule has 1 aromatic rings. The van der Waals surface area contributed by atoms with Crippen LogP contribution in [-0.4, -0.2) is 45.0 Å². The summed E-state index contributed by atoms with van der Waals surface area (Å²) in [5.41, 5.74) is 2.02. The molecule has 0 fully saturated rings. The van der Waals surface area contributed by atoms with Crippen LogP contribution in [0.25, 0.3) is 0 Å². The van der Waals surface area contributed by atoms with Crippen molar-refractivity contribution in [1.82, 2.24) is 10.2 Å². The van der Waals surface area contributed by atoms with Crippen molar-refractivity contribution in [2.45, 2.75) is 20.4 Å². The average Bonchev–Trinajstić information content (AvgIpc) is 2.39. The number of carbonyl (C=O) groups excluding carboxylic acids is 1. The molecule has 0 aromatic heterocycles. The maximum absolute atomic E-state index is 11.7. The van der Waals surface area contributed by atoms with Crippen LogP contribution in [0.5, 0.6) is 0 Å². The molecule has 0 saturated carbocycles. The number of anilines is 1. The second-order valence-electron chi connectivity index (χ2n) is 5.94. The van der Waals surface area contributed by atoms with E-state index in [2.05, 4.69) is 19.2 Å². The lowest BCUT2D eigenvalue weighted by molar-refractivity contribution is -0.127. The Hall–Kier alpha value is -1.26. The molecular formula is C16H26ClN3O. The highest BCUT2D eigenvalue weighted by atomic mass is 35.5. The molecule has 0 aliphatic carbocycles. The van der Waals surface area contributed by atoms with Crippen molar-refractivity contribution in [3.8, 4) is 0 Å². The molecule has 21 heavy (non-hydrogen) atoms. The monoisotopic (exact) mass is 311 g/mol. The second kappa shape index (κ2) is 8.25. The Morgan fingerprint density at radius 3 is 2.48 bits per heavy atom. The third-order valence-corrected chi connectivity index (χ3v) is 3.57. The standard InChI is InChI=1S/C16H26ClN3O/c1-12(2)9-18-10-13-6-7-14(8-15(13)17)20(5)11-16(21)19(3)4/h6-8,12,18H,9-11H2,1-5H3. The summed E-state index contributed by atoms with van der Waals surface area (Å²) in [4.78, 5) is 15.2. The number of benzene rings is 1. The smallest absolute Gasteiger partial charge is 0.241 e. The van der Waals surface area contributed by atoms with Gasteiger partial charge in [0.1, 0.15) is 0 Å². The van der Waals surface area contributed by atoms with Crippen LogP contribution in [0.15, 0.2) is 18.2 Å². The number of nitrogens with zero attached hydrogens (tertiary/aromatic N) is 2. The van der Waals surface area contributed by atoms with Gasteiger partial charge in [-0.3, -0.25) is 4.79 Å². The molecular weight excluding hydrogens is 286 g/mol. The van der Waals surface area contributed by atoms with Gasteiger partial charge in [-0.25, -0.2) is 0 Å². The molecule has 1 rings (SSSR count). The molecule has 0 spiro atoms. The number of hydrogen-bond acceptors (Lipinski definition) is 3. The molecule has 0 aliphatic rings. The van der Waals surface area contributed by atoms with E-state index >= 15 is 0 Å². The first-order chi connectivity index (χ1) is 9.81. The Morgan fingerprint density at radius 2 is 1.95 bits per heavy atom. The Balaban J connectivity index is 2.66. The van der Waals surface area contributed by atoms with E-state index in [-0.39, 0.29) is 5.91 Å². The highest BCUT2D eigenvalue weighted by molar-refractivity contribution is 6.31. The number of rotatable bonds is 7. The fourth-order valence-electron chi connectivity index (χ4n) is 1.85. The van der Waals surface area contributed by atoms with Crippen LogP contribution in [0.4, 0.5) is 5.69 Å². The quantitative estimate of drug-likeness (QED) is 0.841. The molecule has 118 valence electrons. The van der Waals surface area contributed by atoms with Crippen molar-refractivity contribution < 1.29 is 4.79 Å². The minimum Gasteiger partial charge on any atom is -0.365 e. The van der Waals surface area contributed by atoms with Gasteiger partial charge in [0.15, 0.2) is 0 Å². The molecule has 0 aliphatic heterocycles. The zero-order valence-electron chi connectivity index (χ0n) is 13.6. The van der Waals surface area contributed by atoms with Crippen LogP contribution in [-0.2, 0) is 11.3 Å². The topological polar surface area (TPSA) is 35.6 Å². The number of hydrogen-bond donors (Lipinski definition) is 1. The number of carbonyl (C=O) groups is 1. The Labute approximate surface area is 133 Å². The van der Waals surface area contributed by atoms with Crippen molar-refractivity contribution in [3.63, 3.8) is 0 Å². The van der Waals surface area contributed by atoms with Gasteiger partial charge in [-0.2, -0.15) is 0 Å². The van der Waals surface area contributed by atoms with Gasteiger partial charge in [0.2, 0.25) is 5.91 Å². The van der Waals surface area contributed by atoms with Gasteiger partial charge in [-0.15, -0.1) is 0 Å². The summed E-state index contributed by atoms with van der Waals surface area (Å²) in [5.74, 6) is 0.683. The molecule has 4 nitrogen and oxygen atoms in total. The van der Waals surface area contributed by atoms with E-state index in [1.807, 2.05) is 30.1 Å². The minimum absolute atomic E-state index is 0.0660. The van der Waals surface area contributed by atoms with Gasteiger partial charge in [0.25, 0.3) is 0 Å². The van der Waals surface area contributed by atoms with Gasteiger partial charge >= 0.3 is 0 Å². The van der Waals surface area contributed by atoms with Crippen LogP contribution in [0, 0.1) is 5.92 Å². The summed E-state index contributed by atoms with van der Waals surface area (Å²) in [7, 11) is 5.41. The number of nitrogens with one attached hydrogen (secondary N) is 1. The van der Waals surface area contributed by atoms with Crippen molar-refractivity contribution >= 4 is 23.2 Å². The Bertz CT molecular complexity index is 475. The van der Waals surface area contributed by atoms with Crippen LogP contribution < -0.4 is 10.2 Å². The third kappa shape index (κ3) is 5.94. The van der Waals surface area contributed by atoms with E-state index in [0.29, 0.717) is 12.5 Å². The second-order valence-corrected chi connectivity index (χ2v) is 6.35. The summed E-state index contributed by atoms with van der Waals surface area (Å²) < 4.78 is 0. The molecule has 0 heterocycles. The SMILES string of the molecule is CC(C)CNCc1ccc(N(C)CC(=O)N(C)C)cc1Cl. The van der Waals surface area contributed by atoms with Gasteiger partial charge in [0, 0.05) is 38.4 Å². The molecule has 0 saturated heterocycles. The first-order valence-corrected chi connectivity index (χ1v) is 7.59. The van der Waals surface area contributed by atoms with Gasteiger partial charge in [0.05, 0.1) is 6.54 Å². The van der Waals surface area contributed by atoms with Crippen molar-refractivity contribution in [2.24, 2.45) is 5.92 Å². The number of halogens is 1. The van der Waals surface area contributed by atoms with Gasteiger partial charge in [-0.05, 0) is 30.2 Å². The van der Waals surface area contributed by atoms with Crippen molar-refractivity contribution in [2.75, 3.05) is 39.1 Å². The molecule has 0 radical (unpaired) electrons. The minimum atomic E-state index is 0.0660. The molecule has 0 atom stereocenters. The molecule has 0 unspecified atom stereocenters. The van der Waals surface area contributed by atoms with E-state index in [1.165, 1.54) is 0 Å². The van der Waals surface area contributed by atoms with Crippen molar-refractivity contribution in [1.29, 1.82) is 0 Å². The fourth-order valence-corrected chi connectivity index (χ4v) is 2.09. The van der Waals surface area contributed by atoms with E-state index in [9.17, 15) is 4.79 Å². The zero-order chi connectivity index (χ0) is 16.0. The van der Waals surface area contributed by atoms with Gasteiger partial charge < -0.3 is 15.1 Å². The maximum Gasteiger partial charge on any atom is 0.241 e. The summed E-state index contributed by atoms with van der Waals surface area (Å²) >= 11 is 6.33. The predicted molar refractivity (Wildman–Crippen MR) is 90.0 cm³/mol. The lowest BCUT2D eigenvalue weighted by Crippen LogP contribution is -2.34. The van der Waals surface area contributed by atoms with Crippen LogP contribution in [0.2, 0.25) is 5.02 Å². The third-order valence-electron chi connectivity index (χ3n) is 3.22. The predicted octanol–water partition coefficient (Wildman–Crippen LogP) is 2.61. The van der Waals surface area contributed by atoms with Crippen LogP contribution in [0.3, 0.4) is 0 Å². The first kappa shape index (κ1) is 17.8. The normalized spacial score (nSPS) is 10.8. The first-order valence-electron chi connectivity index (χ1n) is 7.21. The maximum atomic E-state index is 11.7. The number of amides is 1. The molecule has 1 amide bonds. The van der Waals surface area contributed by atoms with Crippen molar-refractivity contribution in [3.05, 3.63) is 28.8 Å². The summed E-state index contributed by atoms with van der Waals surface area (Å²) in [6, 6.07) is 5.93. The van der Waals surface area contributed by atoms with E-state index in [1.54, 1.807) is 19.0 Å². The highest BCUT2D eigenvalue weighted by Crippen LogP contribution is 2.23. The summed E-state index contributed by atoms with van der Waals surface area (Å²) in [6.07, 6.45) is 0. The Morgan fingerprint density at radius 1 is 1.29 bits per heavy atom. The summed E-state index contributed by atoms with van der Waals surface area (Å²) in [5, 5.41) is 4.11. The highest BCUT2D eigenvalue weighted by Gasteiger charge is 2.10. The average molecular weight is 312 g/mol. The van der Waals surface area contributed by atoms with Crippen LogP contribution >= 0.6 is 11.6 Å². The lowest BCUT2D eigenvalue weighted by atomic mass is 10.1. The number of likely N-dealkylation sites (N-methyl/N-ethyl adjacent to an activating group) is 2. The van der Waals surface area contributed by atoms with E-state index in [4.69, 9.17) is 11.6 Å². The zero-order valence-corrected chi connectivity index (χ0v) is 14.4. The van der Waals surface area contributed by atoms with E-state index in [0.717, 1.165) is 29.4 Å². The molecule has 1 aromatic carbocycles. The molecule has 1 N–H and O–H groups in total. The lowest BCUT2D eigenvalue weighted by Gasteiger charge is -2.21. The molecule has 0 bridgehead atoms. The van der Waals surface area contributed by atoms with Crippen LogP contribution in [0.1, 0.15) is 19.4 Å². The molecule has 5 heteroatoms. The van der Waals surface area contributed by atoms with Gasteiger partial charge in [-0.1, -0.05) is 31.5 Å². The largest absolute Gasteiger partial charge is 0.365 e. The Kier molecular flexibility index (Phi) is 6.99. The summed E-state index contributed by atoms with van der Waals surface area (Å²) in [6.45, 7) is 6.42. The van der Waals surface area contributed by atoms with E-state index < -0.39 is 0 Å².